The lowest BCUT2D eigenvalue weighted by Crippen LogP contribution is -2.09. The van der Waals surface area contributed by atoms with Gasteiger partial charge in [0.1, 0.15) is 17.2 Å². The number of benzene rings is 3. The molecule has 0 saturated carbocycles. The van der Waals surface area contributed by atoms with Crippen LogP contribution in [0.25, 0.3) is 0 Å². The van der Waals surface area contributed by atoms with Crippen molar-refractivity contribution in [3.63, 3.8) is 0 Å². The van der Waals surface area contributed by atoms with Crippen LogP contribution in [-0.4, -0.2) is 59.1 Å². The number of aromatic hydroxyl groups is 1. The van der Waals surface area contributed by atoms with Gasteiger partial charge < -0.3 is 34.3 Å². The number of esters is 3. The van der Waals surface area contributed by atoms with E-state index >= 15 is 0 Å². The molecule has 12 nitrogen and oxygen atoms in total. The molecule has 3 aromatic rings. The number of phenolic OH excluding ortho intramolecular Hbond substituents is 1. The third-order valence-electron chi connectivity index (χ3n) is 10.0. The van der Waals surface area contributed by atoms with Crippen molar-refractivity contribution in [2.75, 3.05) is 13.9 Å². The molecule has 0 saturated heterocycles. The summed E-state index contributed by atoms with van der Waals surface area (Å²) in [6.07, 6.45) is 20.3. The lowest BCUT2D eigenvalue weighted by atomic mass is 10.0. The maximum absolute atomic E-state index is 12.0. The molecular weight excluding hydrogens is 877 g/mol. The molecule has 0 heterocycles. The van der Waals surface area contributed by atoms with E-state index in [9.17, 15) is 29.1 Å². The summed E-state index contributed by atoms with van der Waals surface area (Å²) in [5, 5.41) is 27.8. The number of hydrogen-bond donors (Lipinski definition) is 3. The number of carbonyl (C=O) groups is 5. The second-order valence-electron chi connectivity index (χ2n) is 17.3. The molecule has 0 aliphatic rings. The van der Waals surface area contributed by atoms with Crippen LogP contribution in [-0.2, 0) is 38.3 Å². The Morgan fingerprint density at radius 3 is 1.19 bits per heavy atom. The van der Waals surface area contributed by atoms with Crippen molar-refractivity contribution in [2.45, 2.75) is 134 Å². The van der Waals surface area contributed by atoms with E-state index in [4.69, 9.17) is 29.2 Å². The Morgan fingerprint density at radius 2 is 0.826 bits per heavy atom. The number of phenols is 1. The largest absolute Gasteiger partial charge is 0.508 e. The SMILES string of the molecule is CC(=O)Oc1ccc(C(=O)O)cc1C/C=C(\C)CCC=C(C)C.CC(C)=CCC/C(C)=C/Cc1cc(C(=O)O)ccc1O.COCOC(=O)c1ccc(OC(C)=O)c(C/C=C(\C)CCC=C(C)C)c1. The first-order valence-electron chi connectivity index (χ1n) is 23.0. The van der Waals surface area contributed by atoms with E-state index in [1.54, 1.807) is 24.3 Å². The molecule has 3 rings (SSSR count). The van der Waals surface area contributed by atoms with Crippen molar-refractivity contribution in [1.29, 1.82) is 0 Å². The molecule has 0 aliphatic heterocycles. The molecule has 0 spiro atoms. The monoisotopic (exact) mass is 951 g/mol. The smallest absolute Gasteiger partial charge is 0.340 e. The molecule has 69 heavy (non-hydrogen) atoms. The summed E-state index contributed by atoms with van der Waals surface area (Å²) in [5.41, 5.74) is 10.5. The van der Waals surface area contributed by atoms with Crippen molar-refractivity contribution in [2.24, 2.45) is 0 Å². The normalized spacial score (nSPS) is 11.1. The van der Waals surface area contributed by atoms with Crippen molar-refractivity contribution in [3.8, 4) is 17.2 Å². The van der Waals surface area contributed by atoms with Crippen LogP contribution in [0.3, 0.4) is 0 Å². The summed E-state index contributed by atoms with van der Waals surface area (Å²) in [4.78, 5) is 56.5. The fourth-order valence-electron chi connectivity index (χ4n) is 6.25. The number of allylic oxidation sites excluding steroid dienone is 12. The lowest BCUT2D eigenvalue weighted by molar-refractivity contribution is -0.132. The van der Waals surface area contributed by atoms with Crippen molar-refractivity contribution >= 4 is 29.8 Å². The Bertz CT molecular complexity index is 2380. The van der Waals surface area contributed by atoms with E-state index in [1.165, 1.54) is 84.7 Å². The number of carboxylic acid groups (broad SMARTS) is 2. The van der Waals surface area contributed by atoms with Crippen LogP contribution in [0.5, 0.6) is 17.2 Å². The van der Waals surface area contributed by atoms with Gasteiger partial charge in [0.05, 0.1) is 16.7 Å². The number of methoxy groups -OCH3 is 1. The zero-order valence-corrected chi connectivity index (χ0v) is 42.7. The van der Waals surface area contributed by atoms with Crippen molar-refractivity contribution in [3.05, 3.63) is 158 Å². The molecule has 0 aliphatic carbocycles. The summed E-state index contributed by atoms with van der Waals surface area (Å²) in [6.45, 7) is 21.2. The second kappa shape index (κ2) is 32.8. The average molecular weight is 951 g/mol. The molecule has 3 N–H and O–H groups in total. The predicted octanol–water partition coefficient (Wildman–Crippen LogP) is 13.5. The van der Waals surface area contributed by atoms with Gasteiger partial charge in [-0.1, -0.05) is 69.9 Å². The number of rotatable bonds is 22. The Labute approximate surface area is 409 Å². The highest BCUT2D eigenvalue weighted by Crippen LogP contribution is 2.25. The minimum atomic E-state index is -0.995. The highest BCUT2D eigenvalue weighted by molar-refractivity contribution is 5.90. The molecular formula is C57H74O12. The second-order valence-corrected chi connectivity index (χ2v) is 17.3. The van der Waals surface area contributed by atoms with Crippen LogP contribution < -0.4 is 9.47 Å². The third-order valence-corrected chi connectivity index (χ3v) is 10.0. The molecule has 0 radical (unpaired) electrons. The number of carbonyl (C=O) groups excluding carboxylic acids is 3. The summed E-state index contributed by atoms with van der Waals surface area (Å²) < 4.78 is 20.1. The Morgan fingerprint density at radius 1 is 0.478 bits per heavy atom. The Kier molecular flexibility index (Phi) is 28.7. The highest BCUT2D eigenvalue weighted by Gasteiger charge is 2.14. The molecule has 0 amide bonds. The van der Waals surface area contributed by atoms with Gasteiger partial charge in [-0.15, -0.1) is 0 Å². The van der Waals surface area contributed by atoms with E-state index in [0.29, 0.717) is 47.5 Å². The highest BCUT2D eigenvalue weighted by atomic mass is 16.7. The van der Waals surface area contributed by atoms with E-state index in [0.717, 1.165) is 44.1 Å². The van der Waals surface area contributed by atoms with Gasteiger partial charge in [-0.2, -0.15) is 0 Å². The van der Waals surface area contributed by atoms with Gasteiger partial charge in [0.25, 0.3) is 0 Å². The van der Waals surface area contributed by atoms with Crippen LogP contribution in [0.4, 0.5) is 0 Å². The maximum Gasteiger partial charge on any atom is 0.340 e. The molecule has 0 bridgehead atoms. The quantitative estimate of drug-likeness (QED) is 0.0375. The van der Waals surface area contributed by atoms with E-state index < -0.39 is 29.8 Å². The van der Waals surface area contributed by atoms with Crippen LogP contribution in [0, 0.1) is 0 Å². The Hall–Kier alpha value is -6.79. The molecule has 12 heteroatoms. The van der Waals surface area contributed by atoms with Crippen LogP contribution in [0.2, 0.25) is 0 Å². The fourth-order valence-corrected chi connectivity index (χ4v) is 6.25. The first-order valence-corrected chi connectivity index (χ1v) is 23.0. The molecule has 0 aromatic heterocycles. The number of carboxylic acids is 2. The zero-order chi connectivity index (χ0) is 52.1. The van der Waals surface area contributed by atoms with Gasteiger partial charge in [0.2, 0.25) is 0 Å². The first kappa shape index (κ1) is 60.2. The summed E-state index contributed by atoms with van der Waals surface area (Å²) >= 11 is 0. The van der Waals surface area contributed by atoms with Gasteiger partial charge in [-0.25, -0.2) is 14.4 Å². The van der Waals surface area contributed by atoms with E-state index in [1.807, 2.05) is 19.1 Å². The van der Waals surface area contributed by atoms with Crippen molar-refractivity contribution in [1.82, 2.24) is 0 Å². The topological polar surface area (TPSA) is 183 Å². The number of ether oxygens (including phenoxy) is 4. The van der Waals surface area contributed by atoms with Gasteiger partial charge >= 0.3 is 29.8 Å². The Balaban J connectivity index is 0.000000522. The standard InChI is InChI=1S/C21H28O5.C19H24O4.C17H22O3/c1-15(2)7-6-8-16(3)9-10-18-13-19(21(23)25-14-24-5)11-12-20(18)26-17(4)22;1-13(2)6-5-7-14(3)8-9-16-12-17(19(21)22)10-11-18(16)23-15(4)20;1-12(2)5-4-6-13(3)7-8-14-11-15(17(19)20)9-10-16(14)18/h7,9,11-13H,6,8,10,14H2,1-5H3;6,8,10-12H,5,7,9H2,1-4H3,(H,21,22);5,7,9-11,18H,4,6,8H2,1-3H3,(H,19,20)/b16-9+;14-8+;13-7+. The zero-order valence-electron chi connectivity index (χ0n) is 42.7. The fraction of sp³-hybridized carbons (Fsp3) is 0.386. The molecule has 3 aromatic carbocycles. The number of hydrogen-bond acceptors (Lipinski definition) is 10. The predicted molar refractivity (Wildman–Crippen MR) is 273 cm³/mol. The summed E-state index contributed by atoms with van der Waals surface area (Å²) in [5.74, 6) is -2.26. The van der Waals surface area contributed by atoms with E-state index in [2.05, 4.69) is 79.7 Å². The van der Waals surface area contributed by atoms with E-state index in [-0.39, 0.29) is 23.7 Å². The van der Waals surface area contributed by atoms with Gasteiger partial charge in [0, 0.05) is 21.0 Å². The maximum atomic E-state index is 12.0. The van der Waals surface area contributed by atoms with Crippen LogP contribution in [0.1, 0.15) is 162 Å². The summed E-state index contributed by atoms with van der Waals surface area (Å²) in [7, 11) is 1.45. The summed E-state index contributed by atoms with van der Waals surface area (Å²) in [6, 6.07) is 13.8. The van der Waals surface area contributed by atoms with Gasteiger partial charge in [0.15, 0.2) is 6.79 Å². The van der Waals surface area contributed by atoms with Gasteiger partial charge in [-0.3, -0.25) is 9.59 Å². The van der Waals surface area contributed by atoms with Crippen molar-refractivity contribution < 1.29 is 58.2 Å². The molecule has 374 valence electrons. The van der Waals surface area contributed by atoms with Gasteiger partial charge in [-0.05, 0) is 191 Å². The molecule has 0 fully saturated rings. The molecule has 0 unspecified atom stereocenters. The molecule has 0 atom stereocenters. The minimum absolute atomic E-state index is 0.108. The van der Waals surface area contributed by atoms with Crippen LogP contribution in [0.15, 0.2) is 124 Å². The minimum Gasteiger partial charge on any atom is -0.508 e. The first-order chi connectivity index (χ1) is 32.5. The number of aromatic carboxylic acids is 2. The lowest BCUT2D eigenvalue weighted by Gasteiger charge is -2.10. The average Bonchev–Trinajstić information content (AvgIpc) is 3.26. The third kappa shape index (κ3) is 27.0. The van der Waals surface area contributed by atoms with Crippen LogP contribution >= 0.6 is 0 Å².